The first kappa shape index (κ1) is 43.0. The number of methoxy groups -OCH3 is 1. The SMILES string of the molecule is CC.COC(=O)C(Oc1ccc2c(C)cc(=O)oc2c1)c1ccc(NC(=O)C(CCCNC(N)=O)NC(=O)C(NC(=O)OCc2ccccc2)C(C)C)cc1. The van der Waals surface area contributed by atoms with Crippen molar-refractivity contribution in [3.05, 3.63) is 106 Å². The topological polar surface area (TPSA) is 217 Å². The molecule has 0 aliphatic carbocycles. The van der Waals surface area contributed by atoms with Crippen LogP contribution in [0.2, 0.25) is 0 Å². The Hall–Kier alpha value is -6.38. The van der Waals surface area contributed by atoms with Gasteiger partial charge in [0, 0.05) is 35.3 Å². The van der Waals surface area contributed by atoms with Crippen molar-refractivity contribution in [1.82, 2.24) is 16.0 Å². The average Bonchev–Trinajstić information content (AvgIpc) is 3.17. The third kappa shape index (κ3) is 13.2. The molecular formula is C40H49N5O10. The predicted octanol–water partition coefficient (Wildman–Crippen LogP) is 5.24. The van der Waals surface area contributed by atoms with Gasteiger partial charge >= 0.3 is 23.7 Å². The smallest absolute Gasteiger partial charge is 0.408 e. The van der Waals surface area contributed by atoms with Gasteiger partial charge in [-0.25, -0.2) is 19.2 Å². The number of urea groups is 1. The first-order chi connectivity index (χ1) is 26.3. The molecule has 3 unspecified atom stereocenters. The quantitative estimate of drug-likeness (QED) is 0.0568. The van der Waals surface area contributed by atoms with Crippen LogP contribution in [0.3, 0.4) is 0 Å². The summed E-state index contributed by atoms with van der Waals surface area (Å²) in [6.45, 7) is 9.41. The number of alkyl carbamates (subject to hydrolysis) is 1. The van der Waals surface area contributed by atoms with E-state index in [-0.39, 0.29) is 37.7 Å². The van der Waals surface area contributed by atoms with E-state index in [0.29, 0.717) is 22.2 Å². The van der Waals surface area contributed by atoms with E-state index in [2.05, 4.69) is 21.3 Å². The highest BCUT2D eigenvalue weighted by molar-refractivity contribution is 5.98. The summed E-state index contributed by atoms with van der Waals surface area (Å²) >= 11 is 0. The summed E-state index contributed by atoms with van der Waals surface area (Å²) in [5.74, 6) is -2.00. The zero-order chi connectivity index (χ0) is 40.5. The minimum Gasteiger partial charge on any atom is -0.474 e. The Morgan fingerprint density at radius 3 is 2.20 bits per heavy atom. The number of amides is 5. The Kier molecular flexibility index (Phi) is 16.7. The molecule has 1 aromatic heterocycles. The van der Waals surface area contributed by atoms with Crippen LogP contribution in [0.25, 0.3) is 11.0 Å². The fraction of sp³-hybridized carbons (Fsp3) is 0.350. The fourth-order valence-electron chi connectivity index (χ4n) is 5.32. The maximum Gasteiger partial charge on any atom is 0.408 e. The summed E-state index contributed by atoms with van der Waals surface area (Å²) < 4.78 is 21.5. The number of fused-ring (bicyclic) bond motifs is 1. The lowest BCUT2D eigenvalue weighted by molar-refractivity contribution is -0.149. The number of primary amides is 1. The zero-order valence-corrected chi connectivity index (χ0v) is 31.8. The van der Waals surface area contributed by atoms with E-state index >= 15 is 0 Å². The number of hydrogen-bond donors (Lipinski definition) is 5. The van der Waals surface area contributed by atoms with Crippen LogP contribution < -0.4 is 37.4 Å². The Bertz CT molecular complexity index is 1960. The van der Waals surface area contributed by atoms with Crippen molar-refractivity contribution < 1.29 is 42.6 Å². The van der Waals surface area contributed by atoms with E-state index in [1.807, 2.05) is 32.0 Å². The van der Waals surface area contributed by atoms with Crippen molar-refractivity contribution in [3.63, 3.8) is 0 Å². The highest BCUT2D eigenvalue weighted by Crippen LogP contribution is 2.28. The minimum absolute atomic E-state index is 0.00494. The van der Waals surface area contributed by atoms with Gasteiger partial charge in [-0.15, -0.1) is 0 Å². The van der Waals surface area contributed by atoms with E-state index < -0.39 is 53.7 Å². The first-order valence-electron chi connectivity index (χ1n) is 17.8. The summed E-state index contributed by atoms with van der Waals surface area (Å²) in [6.07, 6.45) is -1.60. The van der Waals surface area contributed by atoms with Crippen LogP contribution in [-0.4, -0.2) is 55.6 Å². The van der Waals surface area contributed by atoms with Crippen molar-refractivity contribution in [3.8, 4) is 5.75 Å². The molecule has 4 rings (SSSR count). The molecule has 3 aromatic carbocycles. The van der Waals surface area contributed by atoms with Crippen LogP contribution >= 0.6 is 0 Å². The molecule has 0 saturated carbocycles. The number of aryl methyl sites for hydroxylation is 1. The fourth-order valence-corrected chi connectivity index (χ4v) is 5.32. The monoisotopic (exact) mass is 759 g/mol. The molecule has 1 heterocycles. The first-order valence-corrected chi connectivity index (χ1v) is 17.8. The summed E-state index contributed by atoms with van der Waals surface area (Å²) in [4.78, 5) is 75.4. The van der Waals surface area contributed by atoms with E-state index in [0.717, 1.165) is 11.1 Å². The molecule has 15 heteroatoms. The molecule has 0 spiro atoms. The average molecular weight is 760 g/mol. The van der Waals surface area contributed by atoms with Gasteiger partial charge in [0.15, 0.2) is 0 Å². The highest BCUT2D eigenvalue weighted by Gasteiger charge is 2.30. The van der Waals surface area contributed by atoms with E-state index in [4.69, 9.17) is 24.4 Å². The van der Waals surface area contributed by atoms with Crippen LogP contribution in [0.5, 0.6) is 5.75 Å². The number of nitrogens with one attached hydrogen (secondary N) is 4. The van der Waals surface area contributed by atoms with Crippen LogP contribution in [0.1, 0.15) is 63.3 Å². The van der Waals surface area contributed by atoms with Crippen molar-refractivity contribution >= 4 is 46.6 Å². The Labute approximate surface area is 319 Å². The van der Waals surface area contributed by atoms with E-state index in [1.54, 1.807) is 69.3 Å². The largest absolute Gasteiger partial charge is 0.474 e. The summed E-state index contributed by atoms with van der Waals surface area (Å²) in [7, 11) is 1.22. The third-order valence-electron chi connectivity index (χ3n) is 8.11. The second-order valence-electron chi connectivity index (χ2n) is 12.5. The van der Waals surface area contributed by atoms with Crippen LogP contribution in [0.15, 0.2) is 88.1 Å². The van der Waals surface area contributed by atoms with Gasteiger partial charge in [0.25, 0.3) is 0 Å². The van der Waals surface area contributed by atoms with Crippen molar-refractivity contribution in [2.24, 2.45) is 11.7 Å². The minimum atomic E-state index is -1.21. The molecule has 0 aliphatic heterocycles. The maximum absolute atomic E-state index is 13.5. The zero-order valence-electron chi connectivity index (χ0n) is 31.8. The lowest BCUT2D eigenvalue weighted by Crippen LogP contribution is -2.54. The lowest BCUT2D eigenvalue weighted by Gasteiger charge is -2.25. The predicted molar refractivity (Wildman–Crippen MR) is 206 cm³/mol. The highest BCUT2D eigenvalue weighted by atomic mass is 16.6. The number of hydrogen-bond acceptors (Lipinski definition) is 10. The third-order valence-corrected chi connectivity index (χ3v) is 8.11. The number of carbonyl (C=O) groups is 5. The van der Waals surface area contributed by atoms with Crippen molar-refractivity contribution in [1.29, 1.82) is 0 Å². The van der Waals surface area contributed by atoms with E-state index in [9.17, 15) is 28.8 Å². The molecule has 5 amide bonds. The normalized spacial score (nSPS) is 12.2. The summed E-state index contributed by atoms with van der Waals surface area (Å²) in [5, 5.41) is 11.2. The molecule has 0 aliphatic rings. The maximum atomic E-state index is 13.5. The molecule has 15 nitrogen and oxygen atoms in total. The standard InChI is InChI=1S/C38H43N5O10.C2H6/c1-22(2)32(43-38(49)51-21-24-9-6-5-7-10-24)35(46)42-29(11-8-18-40-37(39)48)34(45)41-26-14-12-25(13-15-26)33(36(47)50-4)52-27-16-17-28-23(3)19-31(44)53-30(28)20-27;1-2/h5-7,9-10,12-17,19-20,22,29,32-33H,8,11,18,21H2,1-4H3,(H,41,45)(H,42,46)(H,43,49)(H3,39,40,48);1-2H3. The Balaban J connectivity index is 0.00000399. The van der Waals surface area contributed by atoms with Gasteiger partial charge in [-0.2, -0.15) is 0 Å². The van der Waals surface area contributed by atoms with Gasteiger partial charge in [-0.1, -0.05) is 70.2 Å². The van der Waals surface area contributed by atoms with Gasteiger partial charge in [0.05, 0.1) is 7.11 Å². The van der Waals surface area contributed by atoms with Crippen LogP contribution in [0.4, 0.5) is 15.3 Å². The molecule has 4 aromatic rings. The van der Waals surface area contributed by atoms with Crippen LogP contribution in [-0.2, 0) is 30.5 Å². The second kappa shape index (κ2) is 21.4. The second-order valence-corrected chi connectivity index (χ2v) is 12.5. The van der Waals surface area contributed by atoms with Gasteiger partial charge in [-0.3, -0.25) is 9.59 Å². The number of esters is 1. The van der Waals surface area contributed by atoms with Gasteiger partial charge in [-0.05, 0) is 61.1 Å². The van der Waals surface area contributed by atoms with Crippen LogP contribution in [0, 0.1) is 12.8 Å². The molecule has 294 valence electrons. The lowest BCUT2D eigenvalue weighted by atomic mass is 10.0. The molecule has 55 heavy (non-hydrogen) atoms. The number of ether oxygens (including phenoxy) is 3. The Morgan fingerprint density at radius 2 is 1.56 bits per heavy atom. The van der Waals surface area contributed by atoms with Gasteiger partial charge in [0.1, 0.15) is 30.0 Å². The van der Waals surface area contributed by atoms with Gasteiger partial charge < -0.3 is 45.6 Å². The summed E-state index contributed by atoms with van der Waals surface area (Å²) in [6, 6.07) is 18.7. The van der Waals surface area contributed by atoms with Crippen molar-refractivity contribution in [2.45, 2.75) is 72.3 Å². The number of anilines is 1. The number of nitrogens with two attached hydrogens (primary N) is 1. The number of rotatable bonds is 16. The molecular weight excluding hydrogens is 710 g/mol. The number of benzene rings is 3. The molecule has 3 atom stereocenters. The Morgan fingerprint density at radius 1 is 0.873 bits per heavy atom. The number of carbonyl (C=O) groups excluding carboxylic acids is 5. The molecule has 0 fully saturated rings. The van der Waals surface area contributed by atoms with Crippen molar-refractivity contribution in [2.75, 3.05) is 19.0 Å². The molecule has 0 saturated heterocycles. The molecule has 0 bridgehead atoms. The summed E-state index contributed by atoms with van der Waals surface area (Å²) in [5.41, 5.74) is 7.17. The van der Waals surface area contributed by atoms with E-state index in [1.165, 1.54) is 19.2 Å². The molecule has 0 radical (unpaired) electrons. The molecule has 6 N–H and O–H groups in total. The van der Waals surface area contributed by atoms with Gasteiger partial charge in [0.2, 0.25) is 17.9 Å².